The number of allylic oxidation sites excluding steroid dienone is 2. The van der Waals surface area contributed by atoms with E-state index in [9.17, 15) is 0 Å². The van der Waals surface area contributed by atoms with Crippen molar-refractivity contribution < 1.29 is 0 Å². The lowest BCUT2D eigenvalue weighted by Gasteiger charge is -2.35. The van der Waals surface area contributed by atoms with Crippen molar-refractivity contribution in [3.8, 4) is 0 Å². The summed E-state index contributed by atoms with van der Waals surface area (Å²) < 4.78 is 0. The Labute approximate surface area is 309 Å². The first-order valence-electron chi connectivity index (χ1n) is 18.6. The van der Waals surface area contributed by atoms with E-state index in [1.165, 1.54) is 82.4 Å². The van der Waals surface area contributed by atoms with Gasteiger partial charge in [0.1, 0.15) is 8.07 Å². The van der Waals surface area contributed by atoms with E-state index in [-0.39, 0.29) is 11.8 Å². The van der Waals surface area contributed by atoms with E-state index in [4.69, 9.17) is 0 Å². The minimum absolute atomic E-state index is 0.228. The predicted octanol–water partition coefficient (Wildman–Crippen LogP) is 10.9. The normalized spacial score (nSPS) is 17.5. The van der Waals surface area contributed by atoms with Gasteiger partial charge >= 0.3 is 0 Å². The van der Waals surface area contributed by atoms with Crippen LogP contribution in [-0.2, 0) is 0 Å². The molecule has 0 saturated heterocycles. The van der Waals surface area contributed by atoms with E-state index in [1.54, 1.807) is 0 Å². The summed E-state index contributed by atoms with van der Waals surface area (Å²) in [6.45, 7) is 7.51. The average molecular weight is 683 g/mol. The van der Waals surface area contributed by atoms with Crippen molar-refractivity contribution in [1.82, 2.24) is 0 Å². The number of rotatable bonds is 7. The first-order chi connectivity index (χ1) is 25.6. The van der Waals surface area contributed by atoms with Crippen LogP contribution in [0.2, 0.25) is 6.55 Å². The summed E-state index contributed by atoms with van der Waals surface area (Å²) in [4.78, 5) is 0. The molecule has 0 radical (unpaired) electrons. The molecule has 0 bridgehead atoms. The molecule has 0 heterocycles. The Morgan fingerprint density at radius 2 is 0.673 bits per heavy atom. The summed E-state index contributed by atoms with van der Waals surface area (Å²) in [5, 5.41) is 4.47. The predicted molar refractivity (Wildman–Crippen MR) is 224 cm³/mol. The Balaban J connectivity index is 1.32. The highest BCUT2D eigenvalue weighted by Gasteiger charge is 2.44. The van der Waals surface area contributed by atoms with Crippen LogP contribution in [-0.4, -0.2) is 8.07 Å². The zero-order valence-corrected chi connectivity index (χ0v) is 31.1. The van der Waals surface area contributed by atoms with Gasteiger partial charge in [0.2, 0.25) is 0 Å². The molecule has 7 aromatic carbocycles. The van der Waals surface area contributed by atoms with Gasteiger partial charge in [-0.3, -0.25) is 0 Å². The second-order valence-electron chi connectivity index (χ2n) is 14.5. The maximum Gasteiger partial charge on any atom is 0.146 e. The molecule has 52 heavy (non-hydrogen) atoms. The van der Waals surface area contributed by atoms with Crippen LogP contribution in [0, 0.1) is 0 Å². The molecule has 0 fully saturated rings. The fraction of sp³-hybridized carbons (Fsp3) is 0.0980. The highest BCUT2D eigenvalue weighted by atomic mass is 28.3. The van der Waals surface area contributed by atoms with Gasteiger partial charge in [-0.2, -0.15) is 0 Å². The van der Waals surface area contributed by atoms with Crippen molar-refractivity contribution in [1.29, 1.82) is 0 Å². The minimum Gasteiger partial charge on any atom is -0.0624 e. The van der Waals surface area contributed by atoms with Crippen LogP contribution >= 0.6 is 0 Å². The summed E-state index contributed by atoms with van der Waals surface area (Å²) in [6.07, 6.45) is 0. The SMILES string of the molecule is CC1C(c2ccccc2)=C(c2ccccc2)c2cccc([Si](C)(c3ccccc3)c3cccc4c3C(C)C(c3ccccc3)=C4c3ccccc3)c21. The lowest BCUT2D eigenvalue weighted by molar-refractivity contribution is 1.01. The van der Waals surface area contributed by atoms with Crippen molar-refractivity contribution in [2.75, 3.05) is 0 Å². The lowest BCUT2D eigenvalue weighted by atomic mass is 9.90. The quantitative estimate of drug-likeness (QED) is 0.116. The van der Waals surface area contributed by atoms with E-state index in [0.717, 1.165) is 0 Å². The van der Waals surface area contributed by atoms with Crippen LogP contribution in [0.5, 0.6) is 0 Å². The molecule has 0 aliphatic heterocycles. The molecule has 9 rings (SSSR count). The Bertz CT molecular complexity index is 2300. The van der Waals surface area contributed by atoms with Gasteiger partial charge in [0.15, 0.2) is 0 Å². The number of benzene rings is 7. The fourth-order valence-electron chi connectivity index (χ4n) is 9.47. The van der Waals surface area contributed by atoms with Gasteiger partial charge in [-0.15, -0.1) is 0 Å². The smallest absolute Gasteiger partial charge is 0.0624 e. The molecule has 0 spiro atoms. The van der Waals surface area contributed by atoms with Crippen molar-refractivity contribution in [2.45, 2.75) is 32.2 Å². The molecule has 2 atom stereocenters. The zero-order valence-electron chi connectivity index (χ0n) is 30.1. The van der Waals surface area contributed by atoms with E-state index in [2.05, 4.69) is 208 Å². The van der Waals surface area contributed by atoms with Gasteiger partial charge in [0, 0.05) is 11.8 Å². The largest absolute Gasteiger partial charge is 0.146 e. The van der Waals surface area contributed by atoms with Crippen LogP contribution in [0.4, 0.5) is 0 Å². The van der Waals surface area contributed by atoms with Crippen molar-refractivity contribution in [3.05, 3.63) is 233 Å². The maximum absolute atomic E-state index is 2.65. The Morgan fingerprint density at radius 1 is 0.346 bits per heavy atom. The summed E-state index contributed by atoms with van der Waals surface area (Å²) in [5.41, 5.74) is 16.5. The summed E-state index contributed by atoms with van der Waals surface area (Å²) in [7, 11) is -2.65. The van der Waals surface area contributed by atoms with Gasteiger partial charge in [-0.25, -0.2) is 0 Å². The average Bonchev–Trinajstić information content (AvgIpc) is 3.69. The molecule has 0 nitrogen and oxygen atoms in total. The van der Waals surface area contributed by atoms with Gasteiger partial charge in [0.25, 0.3) is 0 Å². The van der Waals surface area contributed by atoms with Gasteiger partial charge < -0.3 is 0 Å². The van der Waals surface area contributed by atoms with Crippen molar-refractivity contribution in [2.24, 2.45) is 0 Å². The number of hydrogen-bond acceptors (Lipinski definition) is 0. The summed E-state index contributed by atoms with van der Waals surface area (Å²) in [6, 6.07) is 70.1. The van der Waals surface area contributed by atoms with E-state index in [0.29, 0.717) is 0 Å². The molecular formula is C51H42Si. The topological polar surface area (TPSA) is 0 Å². The van der Waals surface area contributed by atoms with Gasteiger partial charge in [-0.05, 0) is 82.4 Å². The third kappa shape index (κ3) is 5.03. The zero-order chi connectivity index (χ0) is 35.2. The molecule has 0 saturated carbocycles. The second-order valence-corrected chi connectivity index (χ2v) is 18.4. The third-order valence-electron chi connectivity index (χ3n) is 11.7. The molecule has 1 heteroatoms. The Hall–Kier alpha value is -5.76. The number of hydrogen-bond donors (Lipinski definition) is 0. The minimum atomic E-state index is -2.65. The van der Waals surface area contributed by atoms with Crippen LogP contribution in [0.25, 0.3) is 22.3 Å². The first kappa shape index (κ1) is 32.2. The summed E-state index contributed by atoms with van der Waals surface area (Å²) >= 11 is 0. The van der Waals surface area contributed by atoms with E-state index < -0.39 is 8.07 Å². The second kappa shape index (κ2) is 13.1. The highest BCUT2D eigenvalue weighted by Crippen LogP contribution is 2.51. The molecular weight excluding hydrogens is 641 g/mol. The van der Waals surface area contributed by atoms with Crippen LogP contribution in [0.15, 0.2) is 188 Å². The lowest BCUT2D eigenvalue weighted by Crippen LogP contribution is -2.66. The highest BCUT2D eigenvalue weighted by molar-refractivity contribution is 7.11. The van der Waals surface area contributed by atoms with E-state index >= 15 is 0 Å². The fourth-order valence-corrected chi connectivity index (χ4v) is 13.9. The summed E-state index contributed by atoms with van der Waals surface area (Å²) in [5.74, 6) is 0.456. The van der Waals surface area contributed by atoms with Gasteiger partial charge in [0.05, 0.1) is 0 Å². The standard InChI is InChI=1S/C51H42Si/c1-35-46(37-21-9-4-10-22-37)50(39-25-13-6-14-26-39)42-31-19-33-44(48(35)42)52(3,41-29-17-8-18-30-41)45-34-20-32-43-49(45)36(2)47(38-23-11-5-12-24-38)51(43)40-27-15-7-16-28-40/h4-36H,1-3H3. The van der Waals surface area contributed by atoms with Crippen LogP contribution < -0.4 is 15.6 Å². The van der Waals surface area contributed by atoms with Gasteiger partial charge in [-0.1, -0.05) is 208 Å². The molecule has 7 aromatic rings. The molecule has 0 amide bonds. The monoisotopic (exact) mass is 682 g/mol. The number of fused-ring (bicyclic) bond motifs is 2. The Morgan fingerprint density at radius 3 is 1.04 bits per heavy atom. The Kier molecular flexibility index (Phi) is 8.10. The molecule has 0 aromatic heterocycles. The van der Waals surface area contributed by atoms with Crippen molar-refractivity contribution >= 4 is 45.9 Å². The first-order valence-corrected chi connectivity index (χ1v) is 21.1. The third-order valence-corrected chi connectivity index (χ3v) is 16.3. The maximum atomic E-state index is 2.62. The molecule has 2 aliphatic rings. The molecule has 250 valence electrons. The molecule has 2 aliphatic carbocycles. The van der Waals surface area contributed by atoms with Crippen molar-refractivity contribution in [3.63, 3.8) is 0 Å². The van der Waals surface area contributed by atoms with Crippen LogP contribution in [0.3, 0.4) is 0 Å². The van der Waals surface area contributed by atoms with Crippen LogP contribution in [0.1, 0.15) is 70.2 Å². The van der Waals surface area contributed by atoms with E-state index in [1.807, 2.05) is 0 Å². The molecule has 0 N–H and O–H groups in total. The molecule has 2 unspecified atom stereocenters.